The number of H-pyrrole nitrogens is 1. The number of aromatic nitrogens is 3. The zero-order valence-corrected chi connectivity index (χ0v) is 17.4. The van der Waals surface area contributed by atoms with Crippen molar-refractivity contribution in [3.05, 3.63) is 53.9 Å². The lowest BCUT2D eigenvalue weighted by molar-refractivity contribution is 0.0950. The molecule has 30 heavy (non-hydrogen) atoms. The monoisotopic (exact) mass is 428 g/mol. The van der Waals surface area contributed by atoms with Gasteiger partial charge in [0.05, 0.1) is 16.7 Å². The van der Waals surface area contributed by atoms with E-state index in [0.29, 0.717) is 30.3 Å². The molecule has 1 saturated heterocycles. The molecule has 1 aliphatic heterocycles. The third-order valence-electron chi connectivity index (χ3n) is 5.43. The van der Waals surface area contributed by atoms with Crippen LogP contribution in [0.1, 0.15) is 28.8 Å². The molecule has 0 unspecified atom stereocenters. The maximum atomic E-state index is 12.9. The van der Waals surface area contributed by atoms with Gasteiger partial charge < -0.3 is 10.6 Å². The van der Waals surface area contributed by atoms with E-state index < -0.39 is 10.0 Å². The summed E-state index contributed by atoms with van der Waals surface area (Å²) in [4.78, 5) is 16.8. The molecule has 3 aromatic rings. The van der Waals surface area contributed by atoms with E-state index in [1.165, 1.54) is 10.5 Å². The molecule has 1 amide bonds. The van der Waals surface area contributed by atoms with Gasteiger partial charge in [0, 0.05) is 37.3 Å². The molecule has 1 aliphatic rings. The number of hydrogen-bond donors (Lipinski definition) is 3. The minimum absolute atomic E-state index is 0.255. The molecule has 0 spiro atoms. The van der Waals surface area contributed by atoms with Gasteiger partial charge in [-0.05, 0) is 43.7 Å². The van der Waals surface area contributed by atoms with Gasteiger partial charge in [0.15, 0.2) is 5.65 Å². The molecule has 2 aromatic heterocycles. The Kier molecular flexibility index (Phi) is 5.80. The van der Waals surface area contributed by atoms with E-state index in [2.05, 4.69) is 25.8 Å². The summed E-state index contributed by atoms with van der Waals surface area (Å²) in [6.45, 7) is 1.32. The Bertz CT molecular complexity index is 1130. The van der Waals surface area contributed by atoms with Gasteiger partial charge >= 0.3 is 0 Å². The number of pyridine rings is 1. The first-order valence-electron chi connectivity index (χ1n) is 9.81. The highest BCUT2D eigenvalue weighted by Gasteiger charge is 2.28. The van der Waals surface area contributed by atoms with Crippen molar-refractivity contribution in [2.75, 3.05) is 20.1 Å². The molecule has 0 radical (unpaired) electrons. The number of sulfonamides is 1. The Morgan fingerprint density at radius 3 is 2.63 bits per heavy atom. The van der Waals surface area contributed by atoms with Crippen molar-refractivity contribution >= 4 is 27.0 Å². The second-order valence-corrected chi connectivity index (χ2v) is 9.26. The summed E-state index contributed by atoms with van der Waals surface area (Å²) >= 11 is 0. The number of nitrogens with zero attached hydrogens (tertiary/aromatic N) is 3. The predicted octanol–water partition coefficient (Wildman–Crippen LogP) is 1.26. The average Bonchev–Trinajstić information content (AvgIpc) is 3.25. The van der Waals surface area contributed by atoms with Crippen LogP contribution in [0.4, 0.5) is 0 Å². The van der Waals surface area contributed by atoms with Gasteiger partial charge in [-0.2, -0.15) is 9.40 Å². The van der Waals surface area contributed by atoms with Crippen LogP contribution in [0.5, 0.6) is 0 Å². The van der Waals surface area contributed by atoms with Crippen LogP contribution in [0, 0.1) is 0 Å². The molecule has 4 rings (SSSR count). The van der Waals surface area contributed by atoms with Crippen molar-refractivity contribution in [3.8, 4) is 0 Å². The van der Waals surface area contributed by atoms with Gasteiger partial charge in [-0.15, -0.1) is 0 Å². The highest BCUT2D eigenvalue weighted by Crippen LogP contribution is 2.21. The van der Waals surface area contributed by atoms with E-state index in [-0.39, 0.29) is 17.3 Å². The van der Waals surface area contributed by atoms with Crippen LogP contribution in [0.15, 0.2) is 47.6 Å². The zero-order valence-electron chi connectivity index (χ0n) is 16.6. The number of benzene rings is 1. The number of hydrogen-bond acceptors (Lipinski definition) is 6. The fourth-order valence-electron chi connectivity index (χ4n) is 3.56. The molecule has 3 N–H and O–H groups in total. The van der Waals surface area contributed by atoms with Crippen LogP contribution in [0.25, 0.3) is 11.0 Å². The highest BCUT2D eigenvalue weighted by atomic mass is 32.2. The molecule has 0 aliphatic carbocycles. The van der Waals surface area contributed by atoms with Crippen LogP contribution in [0.2, 0.25) is 0 Å². The Morgan fingerprint density at radius 2 is 1.93 bits per heavy atom. The fraction of sp³-hybridized carbons (Fsp3) is 0.350. The lowest BCUT2D eigenvalue weighted by Crippen LogP contribution is -2.43. The van der Waals surface area contributed by atoms with Crippen LogP contribution < -0.4 is 10.6 Å². The van der Waals surface area contributed by atoms with Crippen molar-refractivity contribution < 1.29 is 13.2 Å². The Morgan fingerprint density at radius 1 is 1.20 bits per heavy atom. The van der Waals surface area contributed by atoms with Gasteiger partial charge in [0.25, 0.3) is 5.91 Å². The number of aromatic amines is 1. The number of amides is 1. The molecule has 1 fully saturated rings. The minimum atomic E-state index is -3.50. The molecule has 158 valence electrons. The highest BCUT2D eigenvalue weighted by molar-refractivity contribution is 7.89. The predicted molar refractivity (Wildman–Crippen MR) is 112 cm³/mol. The molecule has 3 heterocycles. The smallest absolute Gasteiger partial charge is 0.253 e. The lowest BCUT2D eigenvalue weighted by Gasteiger charge is -2.31. The van der Waals surface area contributed by atoms with E-state index >= 15 is 0 Å². The van der Waals surface area contributed by atoms with Gasteiger partial charge in [-0.3, -0.25) is 9.89 Å². The maximum absolute atomic E-state index is 12.9. The maximum Gasteiger partial charge on any atom is 0.253 e. The molecular formula is C20H24N6O3S. The van der Waals surface area contributed by atoms with Crippen LogP contribution in [-0.4, -0.2) is 60.0 Å². The first kappa shape index (κ1) is 20.5. The normalized spacial score (nSPS) is 16.0. The summed E-state index contributed by atoms with van der Waals surface area (Å²) in [7, 11) is -1.60. The Hall–Kier alpha value is -2.82. The summed E-state index contributed by atoms with van der Waals surface area (Å²) in [6.07, 6.45) is 4.71. The Labute approximate surface area is 174 Å². The van der Waals surface area contributed by atoms with E-state index in [1.807, 2.05) is 7.05 Å². The van der Waals surface area contributed by atoms with Gasteiger partial charge in [-0.1, -0.05) is 12.1 Å². The van der Waals surface area contributed by atoms with Crippen LogP contribution in [0.3, 0.4) is 0 Å². The number of carbonyl (C=O) groups is 1. The van der Waals surface area contributed by atoms with E-state index in [4.69, 9.17) is 0 Å². The van der Waals surface area contributed by atoms with Crippen molar-refractivity contribution in [2.45, 2.75) is 30.3 Å². The van der Waals surface area contributed by atoms with Crippen molar-refractivity contribution in [1.82, 2.24) is 30.1 Å². The minimum Gasteiger partial charge on any atom is -0.348 e. The largest absolute Gasteiger partial charge is 0.348 e. The molecule has 0 atom stereocenters. The summed E-state index contributed by atoms with van der Waals surface area (Å²) in [6, 6.07) is 8.73. The topological polar surface area (TPSA) is 120 Å². The average molecular weight is 429 g/mol. The molecular weight excluding hydrogens is 404 g/mol. The first-order chi connectivity index (χ1) is 14.5. The summed E-state index contributed by atoms with van der Waals surface area (Å²) in [5.74, 6) is -0.255. The quantitative estimate of drug-likeness (QED) is 0.544. The zero-order chi connectivity index (χ0) is 21.1. The SMILES string of the molecule is CNC1CCN(S(=O)(=O)c2ccc(CNC(=O)c3cnc4[nH]ncc4c3)cc2)CC1. The molecule has 10 heteroatoms. The summed E-state index contributed by atoms with van der Waals surface area (Å²) in [5.41, 5.74) is 1.88. The van der Waals surface area contributed by atoms with Crippen LogP contribution in [-0.2, 0) is 16.6 Å². The number of nitrogens with one attached hydrogen (secondary N) is 3. The third kappa shape index (κ3) is 4.20. The lowest BCUT2D eigenvalue weighted by atomic mass is 10.1. The number of carbonyl (C=O) groups excluding carboxylic acids is 1. The van der Waals surface area contributed by atoms with Gasteiger partial charge in [0.2, 0.25) is 10.0 Å². The third-order valence-corrected chi connectivity index (χ3v) is 7.34. The molecule has 0 saturated carbocycles. The van der Waals surface area contributed by atoms with Crippen molar-refractivity contribution in [3.63, 3.8) is 0 Å². The van der Waals surface area contributed by atoms with Crippen LogP contribution >= 0.6 is 0 Å². The number of piperidine rings is 1. The van der Waals surface area contributed by atoms with E-state index in [1.54, 1.807) is 36.5 Å². The summed E-state index contributed by atoms with van der Waals surface area (Å²) in [5, 5.41) is 13.4. The second kappa shape index (κ2) is 8.50. The van der Waals surface area contributed by atoms with Crippen molar-refractivity contribution in [1.29, 1.82) is 0 Å². The number of fused-ring (bicyclic) bond motifs is 1. The van der Waals surface area contributed by atoms with E-state index in [9.17, 15) is 13.2 Å². The van der Waals surface area contributed by atoms with E-state index in [0.717, 1.165) is 23.8 Å². The van der Waals surface area contributed by atoms with Crippen molar-refractivity contribution in [2.24, 2.45) is 0 Å². The number of rotatable bonds is 6. The Balaban J connectivity index is 1.38. The standard InChI is InChI=1S/C20H24N6O3S/c1-21-17-6-8-26(9-7-17)30(28,29)18-4-2-14(3-5-18)11-23-20(27)16-10-15-13-24-25-19(15)22-12-16/h2-5,10,12-13,17,21H,6-9,11H2,1H3,(H,23,27)(H,22,24,25). The van der Waals surface area contributed by atoms with Gasteiger partial charge in [0.1, 0.15) is 0 Å². The fourth-order valence-corrected chi connectivity index (χ4v) is 5.03. The first-order valence-corrected chi connectivity index (χ1v) is 11.2. The molecule has 9 nitrogen and oxygen atoms in total. The van der Waals surface area contributed by atoms with Gasteiger partial charge in [-0.25, -0.2) is 13.4 Å². The second-order valence-electron chi connectivity index (χ2n) is 7.33. The molecule has 1 aromatic carbocycles. The summed E-state index contributed by atoms with van der Waals surface area (Å²) < 4.78 is 27.2. The molecule has 0 bridgehead atoms.